The molecular weight excluding hydrogens is 434 g/mol. The molecule has 5 rings (SSSR count). The second-order valence-electron chi connectivity index (χ2n) is 8.55. The number of carbonyl (C=O) groups excluding carboxylic acids is 2. The number of nitrogens with zero attached hydrogens (tertiary/aromatic N) is 1. The van der Waals surface area contributed by atoms with Gasteiger partial charge < -0.3 is 15.2 Å². The van der Waals surface area contributed by atoms with Crippen molar-refractivity contribution in [1.82, 2.24) is 9.88 Å². The molecule has 0 aliphatic heterocycles. The van der Waals surface area contributed by atoms with Gasteiger partial charge in [-0.1, -0.05) is 66.7 Å². The molecule has 5 heteroatoms. The first-order valence-electron chi connectivity index (χ1n) is 11.9. The number of hydrogen-bond acceptors (Lipinski definition) is 2. The fourth-order valence-electron chi connectivity index (χ4n) is 4.64. The number of benzene rings is 4. The molecule has 35 heavy (non-hydrogen) atoms. The highest BCUT2D eigenvalue weighted by Crippen LogP contribution is 2.31. The van der Waals surface area contributed by atoms with Crippen molar-refractivity contribution in [1.29, 1.82) is 0 Å². The normalized spacial score (nSPS) is 11.9. The number of amides is 2. The summed E-state index contributed by atoms with van der Waals surface area (Å²) in [5, 5.41) is 8.34. The van der Waals surface area contributed by atoms with E-state index < -0.39 is 6.04 Å². The van der Waals surface area contributed by atoms with E-state index in [2.05, 4.69) is 40.3 Å². The Bertz CT molecular complexity index is 1490. The quantitative estimate of drug-likeness (QED) is 0.298. The average Bonchev–Trinajstić information content (AvgIpc) is 3.22. The van der Waals surface area contributed by atoms with E-state index in [9.17, 15) is 9.59 Å². The summed E-state index contributed by atoms with van der Waals surface area (Å²) in [6, 6.07) is 32.5. The standard InChI is InChI=1S/C30H27N3O2/c1-2-33-27-16-10-9-15-24(27)25-19-23(17-18-28(25)33)31-29(34)20-26(21-11-5-3-6-12-21)32-30(35)22-13-7-4-8-14-22/h3-19,26H,2,20H2,1H3,(H,31,34)(H,32,35). The molecule has 1 atom stereocenters. The molecule has 0 saturated carbocycles. The van der Waals surface area contributed by atoms with E-state index in [1.807, 2.05) is 72.8 Å². The monoisotopic (exact) mass is 461 g/mol. The lowest BCUT2D eigenvalue weighted by Gasteiger charge is -2.19. The third-order valence-corrected chi connectivity index (χ3v) is 6.31. The largest absolute Gasteiger partial charge is 0.345 e. The van der Waals surface area contributed by atoms with Crippen molar-refractivity contribution in [2.75, 3.05) is 5.32 Å². The van der Waals surface area contributed by atoms with Gasteiger partial charge in [0, 0.05) is 39.6 Å². The topological polar surface area (TPSA) is 63.1 Å². The van der Waals surface area contributed by atoms with Crippen LogP contribution in [-0.4, -0.2) is 16.4 Å². The van der Waals surface area contributed by atoms with Gasteiger partial charge in [-0.05, 0) is 48.9 Å². The lowest BCUT2D eigenvalue weighted by Crippen LogP contribution is -2.31. The molecule has 1 heterocycles. The summed E-state index contributed by atoms with van der Waals surface area (Å²) in [7, 11) is 0. The molecule has 2 amide bonds. The lowest BCUT2D eigenvalue weighted by molar-refractivity contribution is -0.116. The zero-order valence-electron chi connectivity index (χ0n) is 19.6. The van der Waals surface area contributed by atoms with E-state index in [0.717, 1.165) is 34.1 Å². The molecule has 5 aromatic rings. The summed E-state index contributed by atoms with van der Waals surface area (Å²) >= 11 is 0. The number of aromatic nitrogens is 1. The van der Waals surface area contributed by atoms with Crippen molar-refractivity contribution in [3.63, 3.8) is 0 Å². The van der Waals surface area contributed by atoms with Gasteiger partial charge in [0.25, 0.3) is 5.91 Å². The molecule has 1 aromatic heterocycles. The first-order chi connectivity index (χ1) is 17.1. The van der Waals surface area contributed by atoms with Gasteiger partial charge in [0.1, 0.15) is 0 Å². The number of hydrogen-bond donors (Lipinski definition) is 2. The first-order valence-corrected chi connectivity index (χ1v) is 11.9. The average molecular weight is 462 g/mol. The molecular formula is C30H27N3O2. The molecule has 0 radical (unpaired) electrons. The number of aryl methyl sites for hydroxylation is 1. The molecule has 174 valence electrons. The van der Waals surface area contributed by atoms with Crippen LogP contribution in [0.15, 0.2) is 103 Å². The van der Waals surface area contributed by atoms with Crippen LogP contribution in [0, 0.1) is 0 Å². The number of carbonyl (C=O) groups is 2. The second-order valence-corrected chi connectivity index (χ2v) is 8.55. The molecule has 4 aromatic carbocycles. The van der Waals surface area contributed by atoms with Crippen molar-refractivity contribution >= 4 is 39.3 Å². The Labute approximate surface area is 204 Å². The van der Waals surface area contributed by atoms with Crippen LogP contribution >= 0.6 is 0 Å². The van der Waals surface area contributed by atoms with Gasteiger partial charge in [-0.15, -0.1) is 0 Å². The smallest absolute Gasteiger partial charge is 0.251 e. The third kappa shape index (κ3) is 4.66. The van der Waals surface area contributed by atoms with Gasteiger partial charge in [-0.2, -0.15) is 0 Å². The Morgan fingerprint density at radius 3 is 2.17 bits per heavy atom. The molecule has 0 aliphatic carbocycles. The zero-order chi connectivity index (χ0) is 24.2. The lowest BCUT2D eigenvalue weighted by atomic mass is 10.0. The summed E-state index contributed by atoms with van der Waals surface area (Å²) in [6.45, 7) is 3.00. The maximum atomic E-state index is 13.1. The maximum Gasteiger partial charge on any atom is 0.251 e. The minimum atomic E-state index is -0.449. The Morgan fingerprint density at radius 2 is 1.43 bits per heavy atom. The number of anilines is 1. The molecule has 0 saturated heterocycles. The SMILES string of the molecule is CCn1c2ccccc2c2cc(NC(=O)CC(NC(=O)c3ccccc3)c3ccccc3)ccc21. The Morgan fingerprint density at radius 1 is 0.771 bits per heavy atom. The van der Waals surface area contributed by atoms with Gasteiger partial charge in [-0.3, -0.25) is 9.59 Å². The van der Waals surface area contributed by atoms with Crippen molar-refractivity contribution in [2.45, 2.75) is 25.9 Å². The molecule has 2 N–H and O–H groups in total. The minimum Gasteiger partial charge on any atom is -0.345 e. The summed E-state index contributed by atoms with van der Waals surface area (Å²) in [5.74, 6) is -0.369. The van der Waals surface area contributed by atoms with Crippen LogP contribution in [-0.2, 0) is 11.3 Å². The van der Waals surface area contributed by atoms with E-state index in [0.29, 0.717) is 5.56 Å². The fourth-order valence-corrected chi connectivity index (χ4v) is 4.64. The predicted molar refractivity (Wildman–Crippen MR) is 141 cm³/mol. The minimum absolute atomic E-state index is 0.122. The highest BCUT2D eigenvalue weighted by molar-refractivity contribution is 6.09. The second kappa shape index (κ2) is 9.85. The predicted octanol–water partition coefficient (Wildman–Crippen LogP) is 6.31. The van der Waals surface area contributed by atoms with Crippen molar-refractivity contribution in [2.24, 2.45) is 0 Å². The van der Waals surface area contributed by atoms with Crippen LogP contribution in [0.2, 0.25) is 0 Å². The van der Waals surface area contributed by atoms with Crippen LogP contribution in [0.25, 0.3) is 21.8 Å². The highest BCUT2D eigenvalue weighted by atomic mass is 16.2. The van der Waals surface area contributed by atoms with Crippen LogP contribution in [0.3, 0.4) is 0 Å². The molecule has 5 nitrogen and oxygen atoms in total. The van der Waals surface area contributed by atoms with Gasteiger partial charge >= 0.3 is 0 Å². The van der Waals surface area contributed by atoms with Gasteiger partial charge in [0.15, 0.2) is 0 Å². The van der Waals surface area contributed by atoms with Crippen LogP contribution in [0.1, 0.15) is 35.3 Å². The molecule has 0 aliphatic rings. The van der Waals surface area contributed by atoms with Crippen LogP contribution in [0.4, 0.5) is 5.69 Å². The summed E-state index contributed by atoms with van der Waals surface area (Å²) in [5.41, 5.74) is 4.51. The van der Waals surface area contributed by atoms with E-state index in [-0.39, 0.29) is 18.2 Å². The Balaban J connectivity index is 1.38. The number of rotatable bonds is 7. The molecule has 0 bridgehead atoms. The van der Waals surface area contributed by atoms with Crippen molar-refractivity contribution in [3.8, 4) is 0 Å². The zero-order valence-corrected chi connectivity index (χ0v) is 19.6. The van der Waals surface area contributed by atoms with Gasteiger partial charge in [-0.25, -0.2) is 0 Å². The summed E-state index contributed by atoms with van der Waals surface area (Å²) in [6.07, 6.45) is 0.122. The number of fused-ring (bicyclic) bond motifs is 3. The van der Waals surface area contributed by atoms with Crippen molar-refractivity contribution in [3.05, 3.63) is 114 Å². The van der Waals surface area contributed by atoms with E-state index in [1.54, 1.807) is 12.1 Å². The van der Waals surface area contributed by atoms with E-state index in [4.69, 9.17) is 0 Å². The molecule has 1 unspecified atom stereocenters. The van der Waals surface area contributed by atoms with E-state index in [1.165, 1.54) is 5.52 Å². The third-order valence-electron chi connectivity index (χ3n) is 6.31. The highest BCUT2D eigenvalue weighted by Gasteiger charge is 2.20. The fraction of sp³-hybridized carbons (Fsp3) is 0.133. The Kier molecular flexibility index (Phi) is 6.31. The maximum absolute atomic E-state index is 13.1. The number of nitrogens with one attached hydrogen (secondary N) is 2. The van der Waals surface area contributed by atoms with Gasteiger partial charge in [0.05, 0.1) is 12.5 Å². The van der Waals surface area contributed by atoms with E-state index >= 15 is 0 Å². The summed E-state index contributed by atoms with van der Waals surface area (Å²) < 4.78 is 2.28. The van der Waals surface area contributed by atoms with Gasteiger partial charge in [0.2, 0.25) is 5.91 Å². The number of para-hydroxylation sites is 1. The van der Waals surface area contributed by atoms with Crippen LogP contribution < -0.4 is 10.6 Å². The van der Waals surface area contributed by atoms with Crippen LogP contribution in [0.5, 0.6) is 0 Å². The Hall–Kier alpha value is -4.38. The van der Waals surface area contributed by atoms with Crippen molar-refractivity contribution < 1.29 is 9.59 Å². The first kappa shape index (κ1) is 22.4. The molecule has 0 spiro atoms. The molecule has 0 fully saturated rings. The summed E-state index contributed by atoms with van der Waals surface area (Å²) in [4.78, 5) is 25.9.